The van der Waals surface area contributed by atoms with Crippen LogP contribution in [0, 0.1) is 5.92 Å². The van der Waals surface area contributed by atoms with Gasteiger partial charge in [-0.2, -0.15) is 0 Å². The van der Waals surface area contributed by atoms with Gasteiger partial charge in [0.15, 0.2) is 0 Å². The minimum absolute atomic E-state index is 0.116. The summed E-state index contributed by atoms with van der Waals surface area (Å²) in [6, 6.07) is 0.391. The molecule has 0 aliphatic carbocycles. The molecule has 0 aromatic carbocycles. The normalized spacial score (nSPS) is 38.1. The van der Waals surface area contributed by atoms with E-state index in [-0.39, 0.29) is 6.09 Å². The van der Waals surface area contributed by atoms with Gasteiger partial charge in [0.05, 0.1) is 6.04 Å². The van der Waals surface area contributed by atoms with Gasteiger partial charge < -0.3 is 9.64 Å². The first-order valence-corrected chi connectivity index (χ1v) is 3.71. The molecule has 0 saturated carbocycles. The van der Waals surface area contributed by atoms with Crippen molar-refractivity contribution < 1.29 is 9.53 Å². The van der Waals surface area contributed by atoms with Crippen molar-refractivity contribution >= 4 is 6.09 Å². The Kier molecular flexibility index (Phi) is 1.13. The van der Waals surface area contributed by atoms with Gasteiger partial charge in [0.25, 0.3) is 0 Å². The molecular formula is C7H11NO2. The number of hydrogen-bond acceptors (Lipinski definition) is 2. The van der Waals surface area contributed by atoms with E-state index in [1.807, 2.05) is 4.90 Å². The fourth-order valence-electron chi connectivity index (χ4n) is 1.78. The van der Waals surface area contributed by atoms with Crippen LogP contribution in [0.15, 0.2) is 0 Å². The van der Waals surface area contributed by atoms with Crippen molar-refractivity contribution in [1.82, 2.24) is 4.90 Å². The highest BCUT2D eigenvalue weighted by atomic mass is 16.6. The molecule has 0 aromatic heterocycles. The number of carbonyl (C=O) groups excluding carboxylic acids is 1. The second kappa shape index (κ2) is 1.87. The number of cyclic esters (lactones) is 1. The van der Waals surface area contributed by atoms with Gasteiger partial charge in [-0.15, -0.1) is 0 Å². The lowest BCUT2D eigenvalue weighted by molar-refractivity contribution is 0.157. The maximum Gasteiger partial charge on any atom is 0.410 e. The minimum atomic E-state index is -0.116. The first-order valence-electron chi connectivity index (χ1n) is 3.71. The van der Waals surface area contributed by atoms with Gasteiger partial charge >= 0.3 is 6.09 Å². The SMILES string of the molecule is C[C@H]1C[C@H]2COC(=O)N2C1. The lowest BCUT2D eigenvalue weighted by Gasteiger charge is -2.08. The summed E-state index contributed by atoms with van der Waals surface area (Å²) in [5.74, 6) is 0.665. The van der Waals surface area contributed by atoms with Crippen molar-refractivity contribution in [3.8, 4) is 0 Å². The highest BCUT2D eigenvalue weighted by molar-refractivity contribution is 5.70. The average molecular weight is 141 g/mol. The quantitative estimate of drug-likeness (QED) is 0.500. The third-order valence-corrected chi connectivity index (χ3v) is 2.26. The number of rotatable bonds is 0. The maximum absolute atomic E-state index is 10.9. The lowest BCUT2D eigenvalue weighted by atomic mass is 10.1. The smallest absolute Gasteiger partial charge is 0.410 e. The topological polar surface area (TPSA) is 29.5 Å². The van der Waals surface area contributed by atoms with Crippen LogP contribution in [0.25, 0.3) is 0 Å². The summed E-state index contributed by atoms with van der Waals surface area (Å²) in [5, 5.41) is 0. The molecule has 2 heterocycles. The van der Waals surface area contributed by atoms with Crippen LogP contribution in [0.1, 0.15) is 13.3 Å². The van der Waals surface area contributed by atoms with Crippen molar-refractivity contribution in [2.75, 3.05) is 13.2 Å². The number of carbonyl (C=O) groups is 1. The van der Waals surface area contributed by atoms with Crippen LogP contribution in [-0.4, -0.2) is 30.2 Å². The van der Waals surface area contributed by atoms with Gasteiger partial charge in [0.1, 0.15) is 6.61 Å². The van der Waals surface area contributed by atoms with E-state index in [1.165, 1.54) is 0 Å². The maximum atomic E-state index is 10.9. The molecule has 2 aliphatic rings. The molecule has 0 aromatic rings. The summed E-state index contributed by atoms with van der Waals surface area (Å²) in [7, 11) is 0. The number of ether oxygens (including phenoxy) is 1. The summed E-state index contributed by atoms with van der Waals surface area (Å²) in [4.78, 5) is 12.7. The van der Waals surface area contributed by atoms with E-state index in [0.717, 1.165) is 13.0 Å². The molecule has 0 radical (unpaired) electrons. The van der Waals surface area contributed by atoms with Crippen LogP contribution in [0.4, 0.5) is 4.79 Å². The molecule has 2 fully saturated rings. The van der Waals surface area contributed by atoms with E-state index in [9.17, 15) is 4.79 Å². The number of hydrogen-bond donors (Lipinski definition) is 0. The zero-order valence-corrected chi connectivity index (χ0v) is 6.04. The van der Waals surface area contributed by atoms with Crippen LogP contribution < -0.4 is 0 Å². The van der Waals surface area contributed by atoms with E-state index < -0.39 is 0 Å². The van der Waals surface area contributed by atoms with Crippen LogP contribution in [0.3, 0.4) is 0 Å². The predicted octanol–water partition coefficient (Wildman–Crippen LogP) is 0.847. The third-order valence-electron chi connectivity index (χ3n) is 2.26. The average Bonchev–Trinajstić information content (AvgIpc) is 2.35. The summed E-state index contributed by atoms with van der Waals surface area (Å²) in [5.41, 5.74) is 0. The van der Waals surface area contributed by atoms with Gasteiger partial charge in [-0.25, -0.2) is 4.79 Å². The second-order valence-electron chi connectivity index (χ2n) is 3.22. The molecule has 56 valence electrons. The third kappa shape index (κ3) is 0.696. The Bertz CT molecular complexity index is 169. The molecule has 2 rings (SSSR count). The summed E-state index contributed by atoms with van der Waals surface area (Å²) in [6.45, 7) is 3.68. The van der Waals surface area contributed by atoms with Crippen LogP contribution in [0.2, 0.25) is 0 Å². The van der Waals surface area contributed by atoms with Crippen molar-refractivity contribution in [2.24, 2.45) is 5.92 Å². The largest absolute Gasteiger partial charge is 0.447 e. The highest BCUT2D eigenvalue weighted by Gasteiger charge is 2.39. The lowest BCUT2D eigenvalue weighted by Crippen LogP contribution is -2.27. The molecule has 2 atom stereocenters. The standard InChI is InChI=1S/C7H11NO2/c1-5-2-6-4-10-7(9)8(6)3-5/h5-6H,2-4H2,1H3/t5-,6-/m0/s1. The highest BCUT2D eigenvalue weighted by Crippen LogP contribution is 2.27. The summed E-state index contributed by atoms with van der Waals surface area (Å²) < 4.78 is 4.86. The van der Waals surface area contributed by atoms with E-state index in [1.54, 1.807) is 0 Å². The minimum Gasteiger partial charge on any atom is -0.447 e. The van der Waals surface area contributed by atoms with Gasteiger partial charge in [0.2, 0.25) is 0 Å². The Morgan fingerprint density at radius 3 is 3.20 bits per heavy atom. The number of amides is 1. The monoisotopic (exact) mass is 141 g/mol. The molecule has 10 heavy (non-hydrogen) atoms. The molecule has 3 nitrogen and oxygen atoms in total. The number of nitrogens with zero attached hydrogens (tertiary/aromatic N) is 1. The first kappa shape index (κ1) is 6.01. The van der Waals surface area contributed by atoms with Crippen molar-refractivity contribution in [3.05, 3.63) is 0 Å². The summed E-state index contributed by atoms with van der Waals surface area (Å²) >= 11 is 0. The Morgan fingerprint density at radius 2 is 2.50 bits per heavy atom. The molecule has 1 amide bonds. The van der Waals surface area contributed by atoms with Gasteiger partial charge in [-0.05, 0) is 12.3 Å². The fraction of sp³-hybridized carbons (Fsp3) is 0.857. The van der Waals surface area contributed by atoms with Crippen molar-refractivity contribution in [1.29, 1.82) is 0 Å². The molecular weight excluding hydrogens is 130 g/mol. The van der Waals surface area contributed by atoms with Crippen LogP contribution in [-0.2, 0) is 4.74 Å². The van der Waals surface area contributed by atoms with E-state index in [0.29, 0.717) is 18.6 Å². The zero-order chi connectivity index (χ0) is 7.14. The predicted molar refractivity (Wildman–Crippen MR) is 35.6 cm³/mol. The Balaban J connectivity index is 2.12. The van der Waals surface area contributed by atoms with Crippen molar-refractivity contribution in [2.45, 2.75) is 19.4 Å². The second-order valence-corrected chi connectivity index (χ2v) is 3.22. The molecule has 0 bridgehead atoms. The Hall–Kier alpha value is -0.730. The van der Waals surface area contributed by atoms with Crippen molar-refractivity contribution in [3.63, 3.8) is 0 Å². The molecule has 2 aliphatic heterocycles. The van der Waals surface area contributed by atoms with E-state index in [2.05, 4.69) is 6.92 Å². The Labute approximate surface area is 60.0 Å². The molecule has 0 N–H and O–H groups in total. The molecule has 3 heteroatoms. The zero-order valence-electron chi connectivity index (χ0n) is 6.04. The van der Waals surface area contributed by atoms with E-state index in [4.69, 9.17) is 4.74 Å². The molecule has 2 saturated heterocycles. The van der Waals surface area contributed by atoms with Gasteiger partial charge in [0, 0.05) is 6.54 Å². The molecule has 0 spiro atoms. The Morgan fingerprint density at radius 1 is 1.70 bits per heavy atom. The van der Waals surface area contributed by atoms with Gasteiger partial charge in [-0.1, -0.05) is 6.92 Å². The fourth-order valence-corrected chi connectivity index (χ4v) is 1.78. The van der Waals surface area contributed by atoms with Gasteiger partial charge in [-0.3, -0.25) is 0 Å². The molecule has 0 unspecified atom stereocenters. The van der Waals surface area contributed by atoms with E-state index >= 15 is 0 Å². The van der Waals surface area contributed by atoms with Crippen LogP contribution >= 0.6 is 0 Å². The first-order chi connectivity index (χ1) is 4.77. The van der Waals surface area contributed by atoms with Crippen LogP contribution in [0.5, 0.6) is 0 Å². The summed E-state index contributed by atoms with van der Waals surface area (Å²) in [6.07, 6.45) is 1.00. The number of fused-ring (bicyclic) bond motifs is 1.